The van der Waals surface area contributed by atoms with E-state index in [9.17, 15) is 4.79 Å². The number of aromatic nitrogens is 13. The predicted octanol–water partition coefficient (Wildman–Crippen LogP) is 6.48. The van der Waals surface area contributed by atoms with E-state index >= 15 is 0 Å². The highest BCUT2D eigenvalue weighted by atomic mass is 16.2. The van der Waals surface area contributed by atoms with Crippen molar-refractivity contribution < 1.29 is 4.79 Å². The van der Waals surface area contributed by atoms with Crippen LogP contribution in [0.15, 0.2) is 109 Å². The molecule has 0 aliphatic carbocycles. The topological polar surface area (TPSA) is 207 Å². The largest absolute Gasteiger partial charge is 0.370 e. The number of hydrogen-bond donors (Lipinski definition) is 3. The number of likely N-dealkylation sites (N-methyl/N-ethyl adjacent to an activating group) is 1. The molecular weight excluding hydrogens is 907 g/mol. The fraction of sp³-hybridized carbons (Fsp3) is 0.288. The minimum Gasteiger partial charge on any atom is -0.370 e. The number of benzene rings is 3. The molecule has 0 bridgehead atoms. The Morgan fingerprint density at radius 2 is 1.29 bits per heavy atom. The highest BCUT2D eigenvalue weighted by Crippen LogP contribution is 2.31. The molecule has 1 unspecified atom stereocenters. The molecule has 1 fully saturated rings. The summed E-state index contributed by atoms with van der Waals surface area (Å²) in [4.78, 5) is 41.1. The molecule has 20 nitrogen and oxygen atoms in total. The third-order valence-electron chi connectivity index (χ3n) is 13.3. The SMILES string of the molecule is CCNc1nc(-c2nc3cnc(N4CCN(C)CC4)cc3n2Cc2ccccc2)cn2c(C)nnc12.CNc1nc(-c2nc3cc(C4=NNC(=O)CC4C)ccc3n2Cc2ccccc2)cn2c(C)nnc12. The van der Waals surface area contributed by atoms with Crippen LogP contribution in [0.4, 0.5) is 17.5 Å². The Morgan fingerprint density at radius 1 is 0.694 bits per heavy atom. The van der Waals surface area contributed by atoms with E-state index in [1.165, 1.54) is 5.56 Å². The van der Waals surface area contributed by atoms with Gasteiger partial charge < -0.3 is 29.6 Å². The van der Waals surface area contributed by atoms with Gasteiger partial charge in [-0.25, -0.2) is 30.3 Å². The molecule has 7 aromatic heterocycles. The van der Waals surface area contributed by atoms with Gasteiger partial charge in [-0.1, -0.05) is 73.7 Å². The van der Waals surface area contributed by atoms with Crippen molar-refractivity contribution in [2.45, 2.75) is 47.2 Å². The zero-order valence-corrected chi connectivity index (χ0v) is 41.1. The first-order valence-electron chi connectivity index (χ1n) is 24.2. The van der Waals surface area contributed by atoms with Gasteiger partial charge in [0.25, 0.3) is 0 Å². The summed E-state index contributed by atoms with van der Waals surface area (Å²) in [5.74, 6) is 5.39. The molecule has 10 aromatic rings. The second-order valence-electron chi connectivity index (χ2n) is 18.3. The number of hydrazone groups is 1. The second-order valence-corrected chi connectivity index (χ2v) is 18.3. The smallest absolute Gasteiger partial charge is 0.240 e. The molecule has 3 N–H and O–H groups in total. The lowest BCUT2D eigenvalue weighted by molar-refractivity contribution is -0.121. The summed E-state index contributed by atoms with van der Waals surface area (Å²) in [5.41, 5.74) is 13.3. The van der Waals surface area contributed by atoms with Crippen LogP contribution in [0.5, 0.6) is 0 Å². The molecule has 1 saturated heterocycles. The van der Waals surface area contributed by atoms with Gasteiger partial charge >= 0.3 is 0 Å². The van der Waals surface area contributed by atoms with Crippen LogP contribution in [0.2, 0.25) is 0 Å². The maximum absolute atomic E-state index is 11.7. The molecule has 2 aliphatic heterocycles. The van der Waals surface area contributed by atoms with E-state index < -0.39 is 0 Å². The van der Waals surface area contributed by atoms with E-state index in [0.29, 0.717) is 48.1 Å². The number of imidazole rings is 2. The van der Waals surface area contributed by atoms with Gasteiger partial charge in [0.1, 0.15) is 34.4 Å². The van der Waals surface area contributed by atoms with Gasteiger partial charge in [0.15, 0.2) is 23.3 Å². The number of amides is 1. The molecule has 364 valence electrons. The number of piperazine rings is 1. The summed E-state index contributed by atoms with van der Waals surface area (Å²) in [6, 6.07) is 29.1. The number of nitrogens with one attached hydrogen (secondary N) is 3. The van der Waals surface area contributed by atoms with Crippen LogP contribution < -0.4 is 21.0 Å². The van der Waals surface area contributed by atoms with Gasteiger partial charge in [-0.05, 0) is 51.1 Å². The Hall–Kier alpha value is -8.65. The first kappa shape index (κ1) is 45.8. The first-order chi connectivity index (χ1) is 35.1. The van der Waals surface area contributed by atoms with Crippen LogP contribution in [0.25, 0.3) is 56.4 Å². The maximum atomic E-state index is 11.7. The lowest BCUT2D eigenvalue weighted by Gasteiger charge is -2.33. The Balaban J connectivity index is 0.000000156. The minimum atomic E-state index is -0.0622. The van der Waals surface area contributed by atoms with Gasteiger partial charge in [0, 0.05) is 89.2 Å². The summed E-state index contributed by atoms with van der Waals surface area (Å²) in [5, 5.41) is 27.8. The molecular formula is C52H55N19O. The number of hydrogen-bond acceptors (Lipinski definition) is 15. The predicted molar refractivity (Wildman–Crippen MR) is 279 cm³/mol. The number of nitrogens with zero attached hydrogens (tertiary/aromatic N) is 16. The van der Waals surface area contributed by atoms with Crippen LogP contribution in [0.3, 0.4) is 0 Å². The van der Waals surface area contributed by atoms with Gasteiger partial charge in [-0.3, -0.25) is 13.6 Å². The number of rotatable bonds is 11. The van der Waals surface area contributed by atoms with Crippen molar-refractivity contribution in [2.24, 2.45) is 11.0 Å². The highest BCUT2D eigenvalue weighted by molar-refractivity contribution is 6.07. The Kier molecular flexibility index (Phi) is 12.3. The number of aryl methyl sites for hydroxylation is 2. The lowest BCUT2D eigenvalue weighted by Crippen LogP contribution is -2.44. The summed E-state index contributed by atoms with van der Waals surface area (Å²) in [6.07, 6.45) is 6.21. The Labute approximate surface area is 414 Å². The molecule has 20 heteroatoms. The Bertz CT molecular complexity index is 3640. The van der Waals surface area contributed by atoms with Crippen molar-refractivity contribution in [2.75, 3.05) is 62.4 Å². The van der Waals surface area contributed by atoms with Crippen molar-refractivity contribution in [1.29, 1.82) is 0 Å². The third kappa shape index (κ3) is 8.80. The summed E-state index contributed by atoms with van der Waals surface area (Å²) >= 11 is 0. The third-order valence-corrected chi connectivity index (χ3v) is 13.3. The fourth-order valence-corrected chi connectivity index (χ4v) is 9.44. The van der Waals surface area contributed by atoms with Crippen molar-refractivity contribution in [3.63, 3.8) is 0 Å². The van der Waals surface area contributed by atoms with Crippen molar-refractivity contribution in [3.05, 3.63) is 132 Å². The Morgan fingerprint density at radius 3 is 1.90 bits per heavy atom. The van der Waals surface area contributed by atoms with Crippen LogP contribution in [-0.2, 0) is 17.9 Å². The van der Waals surface area contributed by atoms with E-state index in [1.54, 1.807) is 0 Å². The molecule has 12 rings (SSSR count). The average Bonchev–Trinajstić information content (AvgIpc) is 4.17. The molecule has 1 amide bonds. The molecule has 0 saturated carbocycles. The highest BCUT2D eigenvalue weighted by Gasteiger charge is 2.25. The van der Waals surface area contributed by atoms with Crippen molar-refractivity contribution in [3.8, 4) is 23.0 Å². The molecule has 72 heavy (non-hydrogen) atoms. The fourth-order valence-electron chi connectivity index (χ4n) is 9.44. The standard InChI is InChI=1S/C26H30N10.C26H25N9O/c1-4-27-24-26-32-31-18(2)35(26)17-21(29-24)25-30-20-15-28-23(34-12-10-33(3)11-13-34)14-22(20)36(25)16-19-8-6-5-7-9-19;1-15-11-22(36)31-32-23(15)18-9-10-21-19(12-18)29-25(35(21)13-17-7-5-4-6-8-17)20-14-34-16(2)30-33-26(34)24(27-3)28-20/h5-9,14-15,17H,4,10-13,16H2,1-3H3,(H,27,29);4-10,12,14-15H,11,13H2,1-3H3,(H,27,28)(H,31,36). The average molecular weight is 962 g/mol. The molecule has 0 radical (unpaired) electrons. The molecule has 1 atom stereocenters. The van der Waals surface area contributed by atoms with E-state index in [0.717, 1.165) is 106 Å². The van der Waals surface area contributed by atoms with Gasteiger partial charge in [-0.2, -0.15) is 5.10 Å². The summed E-state index contributed by atoms with van der Waals surface area (Å²) in [7, 11) is 3.98. The number of pyridine rings is 1. The van der Waals surface area contributed by atoms with Crippen LogP contribution in [0, 0.1) is 19.8 Å². The number of carbonyl (C=O) groups excluding carboxylic acids is 1. The lowest BCUT2D eigenvalue weighted by atomic mass is 9.94. The second kappa shape index (κ2) is 19.3. The van der Waals surface area contributed by atoms with E-state index in [1.807, 2.05) is 98.5 Å². The number of fused-ring (bicyclic) bond motifs is 4. The zero-order chi connectivity index (χ0) is 49.5. The van der Waals surface area contributed by atoms with Gasteiger partial charge in [-0.15, -0.1) is 20.4 Å². The van der Waals surface area contributed by atoms with Crippen molar-refractivity contribution in [1.82, 2.24) is 73.6 Å². The molecule has 9 heterocycles. The van der Waals surface area contributed by atoms with E-state index in [2.05, 4.69) is 116 Å². The van der Waals surface area contributed by atoms with Crippen LogP contribution in [-0.4, -0.2) is 127 Å². The van der Waals surface area contributed by atoms with Crippen LogP contribution in [0.1, 0.15) is 48.6 Å². The molecule has 3 aromatic carbocycles. The van der Waals surface area contributed by atoms with Crippen LogP contribution >= 0.6 is 0 Å². The maximum Gasteiger partial charge on any atom is 0.240 e. The number of anilines is 3. The first-order valence-corrected chi connectivity index (χ1v) is 24.2. The summed E-state index contributed by atoms with van der Waals surface area (Å²) in [6.45, 7) is 13.9. The minimum absolute atomic E-state index is 0.0288. The van der Waals surface area contributed by atoms with Crippen molar-refractivity contribution >= 4 is 62.4 Å². The molecule has 2 aliphatic rings. The quantitative estimate of drug-likeness (QED) is 0.127. The summed E-state index contributed by atoms with van der Waals surface area (Å²) < 4.78 is 8.32. The number of carbonyl (C=O) groups is 1. The normalized spacial score (nSPS) is 15.2. The molecule has 0 spiro atoms. The monoisotopic (exact) mass is 961 g/mol. The van der Waals surface area contributed by atoms with E-state index in [-0.39, 0.29) is 11.8 Å². The van der Waals surface area contributed by atoms with E-state index in [4.69, 9.17) is 24.9 Å². The van der Waals surface area contributed by atoms with Gasteiger partial charge in [0.05, 0.1) is 28.5 Å². The van der Waals surface area contributed by atoms with Gasteiger partial charge in [0.2, 0.25) is 17.2 Å². The zero-order valence-electron chi connectivity index (χ0n) is 41.1.